The summed E-state index contributed by atoms with van der Waals surface area (Å²) < 4.78 is 11.2. The van der Waals surface area contributed by atoms with Gasteiger partial charge in [0, 0.05) is 18.7 Å². The third-order valence-corrected chi connectivity index (χ3v) is 3.26. The maximum Gasteiger partial charge on any atom is 0.254 e. The summed E-state index contributed by atoms with van der Waals surface area (Å²) in [7, 11) is 0. The van der Waals surface area contributed by atoms with E-state index in [2.05, 4.69) is 6.92 Å². The topological polar surface area (TPSA) is 38.8 Å². The lowest BCUT2D eigenvalue weighted by molar-refractivity contribution is -0.0586. The zero-order chi connectivity index (χ0) is 14.5. The Kier molecular flexibility index (Phi) is 5.01. The molecule has 1 fully saturated rings. The highest BCUT2D eigenvalue weighted by molar-refractivity contribution is 5.94. The number of carbonyl (C=O) groups is 1. The van der Waals surface area contributed by atoms with Gasteiger partial charge in [0.1, 0.15) is 5.75 Å². The van der Waals surface area contributed by atoms with E-state index in [1.165, 1.54) is 0 Å². The molecule has 0 N–H and O–H groups in total. The van der Waals surface area contributed by atoms with E-state index in [1.807, 2.05) is 43.0 Å². The molecule has 1 heterocycles. The molecule has 110 valence electrons. The Morgan fingerprint density at radius 3 is 2.70 bits per heavy atom. The smallest absolute Gasteiger partial charge is 0.254 e. The molecule has 2 atom stereocenters. The van der Waals surface area contributed by atoms with Gasteiger partial charge in [0.2, 0.25) is 0 Å². The Morgan fingerprint density at radius 1 is 1.35 bits per heavy atom. The number of ether oxygens (including phenoxy) is 2. The fourth-order valence-electron chi connectivity index (χ4n) is 2.47. The average Bonchev–Trinajstić information content (AvgIpc) is 2.43. The van der Waals surface area contributed by atoms with Crippen LogP contribution in [0.3, 0.4) is 0 Å². The lowest BCUT2D eigenvalue weighted by Gasteiger charge is -2.35. The molecule has 0 spiro atoms. The van der Waals surface area contributed by atoms with E-state index >= 15 is 0 Å². The van der Waals surface area contributed by atoms with Crippen molar-refractivity contribution >= 4 is 5.91 Å². The van der Waals surface area contributed by atoms with Crippen LogP contribution >= 0.6 is 0 Å². The van der Waals surface area contributed by atoms with E-state index in [1.54, 1.807) is 0 Å². The molecule has 0 radical (unpaired) electrons. The number of amides is 1. The molecule has 1 saturated heterocycles. The molecule has 0 bridgehead atoms. The maximum absolute atomic E-state index is 12.5. The zero-order valence-corrected chi connectivity index (χ0v) is 12.5. The second kappa shape index (κ2) is 6.75. The molecule has 1 amide bonds. The van der Waals surface area contributed by atoms with Crippen molar-refractivity contribution < 1.29 is 14.3 Å². The summed E-state index contributed by atoms with van der Waals surface area (Å²) in [5, 5.41) is 0. The summed E-state index contributed by atoms with van der Waals surface area (Å²) in [6, 6.07) is 7.41. The van der Waals surface area contributed by atoms with Crippen LogP contribution in [-0.2, 0) is 4.74 Å². The highest BCUT2D eigenvalue weighted by atomic mass is 16.5. The van der Waals surface area contributed by atoms with Gasteiger partial charge < -0.3 is 14.4 Å². The van der Waals surface area contributed by atoms with Crippen molar-refractivity contribution in [2.45, 2.75) is 39.4 Å². The van der Waals surface area contributed by atoms with Gasteiger partial charge in [-0.15, -0.1) is 0 Å². The Morgan fingerprint density at radius 2 is 2.05 bits per heavy atom. The van der Waals surface area contributed by atoms with Crippen LogP contribution in [0.15, 0.2) is 24.3 Å². The van der Waals surface area contributed by atoms with E-state index in [0.717, 1.165) is 12.2 Å². The van der Waals surface area contributed by atoms with Crippen molar-refractivity contribution in [1.82, 2.24) is 4.90 Å². The molecule has 4 nitrogen and oxygen atoms in total. The van der Waals surface area contributed by atoms with Crippen molar-refractivity contribution in [3.8, 4) is 5.75 Å². The van der Waals surface area contributed by atoms with E-state index in [0.29, 0.717) is 25.3 Å². The maximum atomic E-state index is 12.5. The highest BCUT2D eigenvalue weighted by Crippen LogP contribution is 2.18. The van der Waals surface area contributed by atoms with E-state index in [4.69, 9.17) is 9.47 Å². The van der Waals surface area contributed by atoms with E-state index in [9.17, 15) is 4.79 Å². The standard InChI is InChI=1S/C16H23NO3/c1-4-8-19-15-7-5-6-14(9-15)16(18)17-10-12(2)20-13(3)11-17/h5-7,9,12-13H,4,8,10-11H2,1-3H3/t12-,13-/m0/s1. The van der Waals surface area contributed by atoms with Crippen molar-refractivity contribution in [3.05, 3.63) is 29.8 Å². The minimum absolute atomic E-state index is 0.0500. The van der Waals surface area contributed by atoms with Crippen molar-refractivity contribution in [1.29, 1.82) is 0 Å². The van der Waals surface area contributed by atoms with Crippen LogP contribution in [0.1, 0.15) is 37.6 Å². The number of carbonyl (C=O) groups excluding carboxylic acids is 1. The predicted octanol–water partition coefficient (Wildman–Crippen LogP) is 2.72. The molecule has 1 aromatic carbocycles. The van der Waals surface area contributed by atoms with E-state index < -0.39 is 0 Å². The fraction of sp³-hybridized carbons (Fsp3) is 0.562. The fourth-order valence-corrected chi connectivity index (χ4v) is 2.47. The number of nitrogens with zero attached hydrogens (tertiary/aromatic N) is 1. The molecule has 0 aliphatic carbocycles. The summed E-state index contributed by atoms with van der Waals surface area (Å²) in [5.74, 6) is 0.806. The molecule has 1 aliphatic rings. The minimum Gasteiger partial charge on any atom is -0.494 e. The average molecular weight is 277 g/mol. The molecule has 4 heteroatoms. The Labute approximate surface area is 120 Å². The SMILES string of the molecule is CCCOc1cccc(C(=O)N2C[C@H](C)O[C@@H](C)C2)c1. The van der Waals surface area contributed by atoms with Crippen LogP contribution in [0.2, 0.25) is 0 Å². The molecule has 20 heavy (non-hydrogen) atoms. The summed E-state index contributed by atoms with van der Waals surface area (Å²) in [6.07, 6.45) is 1.13. The summed E-state index contributed by atoms with van der Waals surface area (Å²) in [6.45, 7) is 8.01. The highest BCUT2D eigenvalue weighted by Gasteiger charge is 2.26. The molecule has 0 aromatic heterocycles. The first-order valence-corrected chi connectivity index (χ1v) is 7.27. The Bertz CT molecular complexity index is 451. The second-order valence-electron chi connectivity index (χ2n) is 5.34. The molecule has 1 aliphatic heterocycles. The first-order chi connectivity index (χ1) is 9.60. The Balaban J connectivity index is 2.08. The van der Waals surface area contributed by atoms with Gasteiger partial charge in [-0.2, -0.15) is 0 Å². The molecule has 0 unspecified atom stereocenters. The zero-order valence-electron chi connectivity index (χ0n) is 12.5. The van der Waals surface area contributed by atoms with Crippen molar-refractivity contribution in [2.75, 3.05) is 19.7 Å². The van der Waals surface area contributed by atoms with Gasteiger partial charge in [0.15, 0.2) is 0 Å². The third kappa shape index (κ3) is 3.73. The first kappa shape index (κ1) is 14.9. The van der Waals surface area contributed by atoms with Gasteiger partial charge in [-0.1, -0.05) is 13.0 Å². The van der Waals surface area contributed by atoms with Crippen LogP contribution in [0.25, 0.3) is 0 Å². The lowest BCUT2D eigenvalue weighted by atomic mass is 10.1. The first-order valence-electron chi connectivity index (χ1n) is 7.27. The van der Waals surface area contributed by atoms with Crippen LogP contribution in [-0.4, -0.2) is 42.7 Å². The quantitative estimate of drug-likeness (QED) is 0.849. The Hall–Kier alpha value is -1.55. The van der Waals surface area contributed by atoms with Crippen LogP contribution in [0, 0.1) is 0 Å². The number of morpholine rings is 1. The molecular weight excluding hydrogens is 254 g/mol. The van der Waals surface area contributed by atoms with Gasteiger partial charge in [-0.25, -0.2) is 0 Å². The van der Waals surface area contributed by atoms with Gasteiger partial charge in [0.25, 0.3) is 5.91 Å². The van der Waals surface area contributed by atoms with Gasteiger partial charge in [-0.05, 0) is 38.5 Å². The lowest BCUT2D eigenvalue weighted by Crippen LogP contribution is -2.48. The summed E-state index contributed by atoms with van der Waals surface area (Å²) in [5.41, 5.74) is 0.680. The molecular formula is C16H23NO3. The molecule has 2 rings (SSSR count). The minimum atomic E-state index is 0.0500. The second-order valence-corrected chi connectivity index (χ2v) is 5.34. The normalized spacial score (nSPS) is 22.6. The van der Waals surface area contributed by atoms with Crippen molar-refractivity contribution in [2.24, 2.45) is 0 Å². The largest absolute Gasteiger partial charge is 0.494 e. The van der Waals surface area contributed by atoms with Crippen LogP contribution in [0.5, 0.6) is 5.75 Å². The monoisotopic (exact) mass is 277 g/mol. The van der Waals surface area contributed by atoms with Crippen molar-refractivity contribution in [3.63, 3.8) is 0 Å². The number of hydrogen-bond donors (Lipinski definition) is 0. The van der Waals surface area contributed by atoms with Gasteiger partial charge in [-0.3, -0.25) is 4.79 Å². The van der Waals surface area contributed by atoms with Gasteiger partial charge in [0.05, 0.1) is 18.8 Å². The summed E-state index contributed by atoms with van der Waals surface area (Å²) in [4.78, 5) is 14.4. The number of rotatable bonds is 4. The van der Waals surface area contributed by atoms with Gasteiger partial charge >= 0.3 is 0 Å². The molecule has 0 saturated carbocycles. The predicted molar refractivity (Wildman–Crippen MR) is 78.1 cm³/mol. The van der Waals surface area contributed by atoms with Crippen LogP contribution in [0.4, 0.5) is 0 Å². The van der Waals surface area contributed by atoms with Crippen LogP contribution < -0.4 is 4.74 Å². The van der Waals surface area contributed by atoms with E-state index in [-0.39, 0.29) is 18.1 Å². The third-order valence-electron chi connectivity index (χ3n) is 3.26. The molecule has 1 aromatic rings. The summed E-state index contributed by atoms with van der Waals surface area (Å²) >= 11 is 0. The number of benzene rings is 1. The number of hydrogen-bond acceptors (Lipinski definition) is 3.